The van der Waals surface area contributed by atoms with Crippen LogP contribution in [0.5, 0.6) is 0 Å². The molecule has 2 heteroatoms. The summed E-state index contributed by atoms with van der Waals surface area (Å²) in [4.78, 5) is 21.3. The zero-order valence-corrected chi connectivity index (χ0v) is 7.46. The molecule has 0 spiro atoms. The van der Waals surface area contributed by atoms with Crippen molar-refractivity contribution < 1.29 is 9.59 Å². The monoisotopic (exact) mass is 156 g/mol. The molecule has 0 fully saturated rings. The van der Waals surface area contributed by atoms with E-state index in [2.05, 4.69) is 0 Å². The third kappa shape index (κ3) is 1.88. The topological polar surface area (TPSA) is 34.1 Å². The zero-order chi connectivity index (χ0) is 8.91. The summed E-state index contributed by atoms with van der Waals surface area (Å²) in [5.74, 6) is 0.155. The number of aldehydes is 2. The number of carbonyl (C=O) groups excluding carboxylic acids is 2. The molecule has 0 aromatic heterocycles. The largest absolute Gasteiger partial charge is 0.302 e. The molecule has 0 radical (unpaired) electrons. The van der Waals surface area contributed by atoms with Gasteiger partial charge in [-0.05, 0) is 12.3 Å². The fourth-order valence-corrected chi connectivity index (χ4v) is 1.16. The lowest BCUT2D eigenvalue weighted by molar-refractivity contribution is -0.129. The van der Waals surface area contributed by atoms with Gasteiger partial charge in [-0.1, -0.05) is 27.2 Å². The average Bonchev–Trinajstić information content (AvgIpc) is 2.08. The van der Waals surface area contributed by atoms with Gasteiger partial charge >= 0.3 is 0 Å². The summed E-state index contributed by atoms with van der Waals surface area (Å²) in [5, 5.41) is 0. The first-order valence-corrected chi connectivity index (χ1v) is 4.09. The van der Waals surface area contributed by atoms with Gasteiger partial charge in [-0.15, -0.1) is 0 Å². The van der Waals surface area contributed by atoms with Crippen LogP contribution in [0.4, 0.5) is 0 Å². The number of hydrogen-bond acceptors (Lipinski definition) is 2. The standard InChI is InChI=1S/C9H16O2/c1-4-8(3)9(5-2,6-10)7-11/h6-8H,4-5H2,1-3H3. The van der Waals surface area contributed by atoms with E-state index in [0.29, 0.717) is 6.42 Å². The van der Waals surface area contributed by atoms with Crippen molar-refractivity contribution in [1.29, 1.82) is 0 Å². The molecule has 0 aliphatic heterocycles. The molecule has 0 rings (SSSR count). The van der Waals surface area contributed by atoms with Gasteiger partial charge in [-0.25, -0.2) is 0 Å². The molecule has 0 saturated carbocycles. The quantitative estimate of drug-likeness (QED) is 0.449. The first-order valence-electron chi connectivity index (χ1n) is 4.09. The van der Waals surface area contributed by atoms with Crippen LogP contribution < -0.4 is 0 Å². The Labute approximate surface area is 68.0 Å². The molecule has 0 aliphatic carbocycles. The number of hydrogen-bond donors (Lipinski definition) is 0. The van der Waals surface area contributed by atoms with Crippen molar-refractivity contribution in [3.05, 3.63) is 0 Å². The normalized spacial score (nSPS) is 14.1. The fraction of sp³-hybridized carbons (Fsp3) is 0.778. The number of carbonyl (C=O) groups is 2. The Hall–Kier alpha value is -0.660. The Morgan fingerprint density at radius 1 is 1.27 bits per heavy atom. The van der Waals surface area contributed by atoms with E-state index >= 15 is 0 Å². The Bertz CT molecular complexity index is 132. The van der Waals surface area contributed by atoms with Crippen LogP contribution in [0.25, 0.3) is 0 Å². The maximum Gasteiger partial charge on any atom is 0.133 e. The van der Waals surface area contributed by atoms with Crippen molar-refractivity contribution in [3.63, 3.8) is 0 Å². The van der Waals surface area contributed by atoms with Crippen LogP contribution in [0, 0.1) is 11.3 Å². The maximum atomic E-state index is 10.7. The summed E-state index contributed by atoms with van der Waals surface area (Å²) in [6.07, 6.45) is 3.04. The third-order valence-corrected chi connectivity index (χ3v) is 2.58. The summed E-state index contributed by atoms with van der Waals surface area (Å²) in [7, 11) is 0. The van der Waals surface area contributed by atoms with Crippen LogP contribution in [-0.2, 0) is 9.59 Å². The lowest BCUT2D eigenvalue weighted by Crippen LogP contribution is -2.31. The Morgan fingerprint density at radius 2 is 1.73 bits per heavy atom. The van der Waals surface area contributed by atoms with Gasteiger partial charge in [-0.2, -0.15) is 0 Å². The molecular formula is C9H16O2. The minimum Gasteiger partial charge on any atom is -0.302 e. The molecular weight excluding hydrogens is 140 g/mol. The molecule has 64 valence electrons. The van der Waals surface area contributed by atoms with Crippen LogP contribution in [0.15, 0.2) is 0 Å². The van der Waals surface area contributed by atoms with Crippen LogP contribution >= 0.6 is 0 Å². The molecule has 0 heterocycles. The molecule has 11 heavy (non-hydrogen) atoms. The van der Waals surface area contributed by atoms with Crippen LogP contribution in [-0.4, -0.2) is 12.6 Å². The molecule has 0 bridgehead atoms. The SMILES string of the molecule is CCC(C)C(C=O)(C=O)CC. The van der Waals surface area contributed by atoms with E-state index in [0.717, 1.165) is 19.0 Å². The van der Waals surface area contributed by atoms with Crippen molar-refractivity contribution in [2.24, 2.45) is 11.3 Å². The molecule has 1 unspecified atom stereocenters. The predicted molar refractivity (Wildman–Crippen MR) is 44.3 cm³/mol. The van der Waals surface area contributed by atoms with E-state index in [1.54, 1.807) is 0 Å². The third-order valence-electron chi connectivity index (χ3n) is 2.58. The molecule has 0 aromatic rings. The summed E-state index contributed by atoms with van der Waals surface area (Å²) in [5.41, 5.74) is -0.727. The van der Waals surface area contributed by atoms with Crippen molar-refractivity contribution in [1.82, 2.24) is 0 Å². The van der Waals surface area contributed by atoms with E-state index in [9.17, 15) is 9.59 Å². The first kappa shape index (κ1) is 10.3. The van der Waals surface area contributed by atoms with Crippen molar-refractivity contribution >= 4 is 12.6 Å². The minimum atomic E-state index is -0.727. The van der Waals surface area contributed by atoms with E-state index < -0.39 is 5.41 Å². The minimum absolute atomic E-state index is 0.155. The average molecular weight is 156 g/mol. The van der Waals surface area contributed by atoms with Crippen LogP contribution in [0.1, 0.15) is 33.6 Å². The zero-order valence-electron chi connectivity index (χ0n) is 7.46. The van der Waals surface area contributed by atoms with Crippen molar-refractivity contribution in [3.8, 4) is 0 Å². The van der Waals surface area contributed by atoms with Crippen LogP contribution in [0.3, 0.4) is 0 Å². The fourth-order valence-electron chi connectivity index (χ4n) is 1.16. The van der Waals surface area contributed by atoms with Gasteiger partial charge in [0.05, 0.1) is 5.41 Å². The van der Waals surface area contributed by atoms with Crippen molar-refractivity contribution in [2.45, 2.75) is 33.6 Å². The molecule has 1 atom stereocenters. The summed E-state index contributed by atoms with van der Waals surface area (Å²) in [6.45, 7) is 5.79. The second-order valence-electron chi connectivity index (χ2n) is 3.01. The van der Waals surface area contributed by atoms with E-state index in [1.165, 1.54) is 0 Å². The summed E-state index contributed by atoms with van der Waals surface area (Å²) < 4.78 is 0. The Morgan fingerprint density at radius 3 is 1.82 bits per heavy atom. The first-order chi connectivity index (χ1) is 5.16. The Kier molecular flexibility index (Phi) is 4.01. The predicted octanol–water partition coefficient (Wildman–Crippen LogP) is 1.83. The maximum absolute atomic E-state index is 10.7. The van der Waals surface area contributed by atoms with Gasteiger partial charge in [0.15, 0.2) is 0 Å². The highest BCUT2D eigenvalue weighted by molar-refractivity contribution is 5.83. The number of rotatable bonds is 5. The second kappa shape index (κ2) is 4.27. The lowest BCUT2D eigenvalue weighted by Gasteiger charge is -2.25. The van der Waals surface area contributed by atoms with Crippen LogP contribution in [0.2, 0.25) is 0 Å². The molecule has 0 aliphatic rings. The van der Waals surface area contributed by atoms with Gasteiger partial charge in [0, 0.05) is 0 Å². The second-order valence-corrected chi connectivity index (χ2v) is 3.01. The Balaban J connectivity index is 4.52. The highest BCUT2D eigenvalue weighted by Gasteiger charge is 2.32. The molecule has 2 nitrogen and oxygen atoms in total. The van der Waals surface area contributed by atoms with E-state index in [-0.39, 0.29) is 5.92 Å². The van der Waals surface area contributed by atoms with Gasteiger partial charge in [0.2, 0.25) is 0 Å². The van der Waals surface area contributed by atoms with Gasteiger partial charge in [0.1, 0.15) is 12.6 Å². The molecule has 0 aromatic carbocycles. The summed E-state index contributed by atoms with van der Waals surface area (Å²) >= 11 is 0. The summed E-state index contributed by atoms with van der Waals surface area (Å²) in [6, 6.07) is 0. The highest BCUT2D eigenvalue weighted by atomic mass is 16.1. The van der Waals surface area contributed by atoms with Crippen molar-refractivity contribution in [2.75, 3.05) is 0 Å². The smallest absolute Gasteiger partial charge is 0.133 e. The van der Waals surface area contributed by atoms with E-state index in [1.807, 2.05) is 20.8 Å². The molecule has 0 amide bonds. The lowest BCUT2D eigenvalue weighted by atomic mass is 9.75. The molecule has 0 saturated heterocycles. The van der Waals surface area contributed by atoms with Gasteiger partial charge < -0.3 is 9.59 Å². The van der Waals surface area contributed by atoms with Gasteiger partial charge in [0.25, 0.3) is 0 Å². The molecule has 0 N–H and O–H groups in total. The van der Waals surface area contributed by atoms with Gasteiger partial charge in [-0.3, -0.25) is 0 Å². The highest BCUT2D eigenvalue weighted by Crippen LogP contribution is 2.28. The van der Waals surface area contributed by atoms with E-state index in [4.69, 9.17) is 0 Å².